The van der Waals surface area contributed by atoms with Crippen LogP contribution in [0.1, 0.15) is 28.4 Å². The number of ether oxygens (including phenoxy) is 1. The minimum Gasteiger partial charge on any atom is -0.496 e. The van der Waals surface area contributed by atoms with Crippen LogP contribution in [0.3, 0.4) is 0 Å². The maximum Gasteiger partial charge on any atom is 0.248 e. The monoisotopic (exact) mass is 309 g/mol. The third kappa shape index (κ3) is 4.54. The van der Waals surface area contributed by atoms with Gasteiger partial charge in [-0.05, 0) is 56.3 Å². The predicted octanol–water partition coefficient (Wildman–Crippen LogP) is 3.86. The molecule has 0 aliphatic carbocycles. The number of carbonyl (C=O) groups is 2. The molecule has 0 heterocycles. The van der Waals surface area contributed by atoms with E-state index >= 15 is 0 Å². The Morgan fingerprint density at radius 3 is 2.39 bits per heavy atom. The molecular formula is C19H19NO3. The molecule has 0 aromatic heterocycles. The predicted molar refractivity (Wildman–Crippen MR) is 91.8 cm³/mol. The van der Waals surface area contributed by atoms with E-state index in [-0.39, 0.29) is 11.7 Å². The van der Waals surface area contributed by atoms with Gasteiger partial charge < -0.3 is 10.1 Å². The second-order valence-corrected chi connectivity index (χ2v) is 5.20. The van der Waals surface area contributed by atoms with Crippen molar-refractivity contribution in [1.82, 2.24) is 0 Å². The van der Waals surface area contributed by atoms with Crippen molar-refractivity contribution in [2.45, 2.75) is 13.8 Å². The van der Waals surface area contributed by atoms with E-state index in [9.17, 15) is 9.59 Å². The summed E-state index contributed by atoms with van der Waals surface area (Å²) < 4.78 is 5.27. The van der Waals surface area contributed by atoms with Gasteiger partial charge in [-0.3, -0.25) is 9.59 Å². The molecule has 2 aromatic rings. The van der Waals surface area contributed by atoms with Crippen LogP contribution in [-0.2, 0) is 4.79 Å². The maximum absolute atomic E-state index is 12.0. The van der Waals surface area contributed by atoms with Gasteiger partial charge in [-0.2, -0.15) is 0 Å². The van der Waals surface area contributed by atoms with Crippen molar-refractivity contribution >= 4 is 23.5 Å². The van der Waals surface area contributed by atoms with Crippen molar-refractivity contribution in [3.8, 4) is 5.75 Å². The highest BCUT2D eigenvalue weighted by Gasteiger charge is 2.03. The first kappa shape index (κ1) is 16.5. The molecule has 118 valence electrons. The van der Waals surface area contributed by atoms with E-state index in [1.807, 2.05) is 25.1 Å². The number of benzene rings is 2. The van der Waals surface area contributed by atoms with E-state index in [2.05, 4.69) is 5.32 Å². The summed E-state index contributed by atoms with van der Waals surface area (Å²) in [4.78, 5) is 23.2. The standard InChI is InChI=1S/C19H19NO3/c1-13-4-10-18(23-3)16(12-13)7-11-19(22)20-17-8-5-15(6-9-17)14(2)21/h4-12H,1-3H3,(H,20,22)/b11-7+. The maximum atomic E-state index is 12.0. The van der Waals surface area contributed by atoms with Gasteiger partial charge in [0.25, 0.3) is 0 Å². The summed E-state index contributed by atoms with van der Waals surface area (Å²) >= 11 is 0. The smallest absolute Gasteiger partial charge is 0.248 e. The van der Waals surface area contributed by atoms with Gasteiger partial charge in [-0.1, -0.05) is 11.6 Å². The van der Waals surface area contributed by atoms with E-state index in [0.29, 0.717) is 17.0 Å². The lowest BCUT2D eigenvalue weighted by Crippen LogP contribution is -2.07. The number of rotatable bonds is 5. The van der Waals surface area contributed by atoms with Crippen LogP contribution in [0.5, 0.6) is 5.75 Å². The molecule has 0 saturated carbocycles. The lowest BCUT2D eigenvalue weighted by atomic mass is 10.1. The molecule has 4 nitrogen and oxygen atoms in total. The Labute approximate surface area is 135 Å². The van der Waals surface area contributed by atoms with Gasteiger partial charge in [-0.15, -0.1) is 0 Å². The van der Waals surface area contributed by atoms with E-state index in [1.54, 1.807) is 37.5 Å². The average molecular weight is 309 g/mol. The fourth-order valence-corrected chi connectivity index (χ4v) is 2.12. The van der Waals surface area contributed by atoms with Crippen molar-refractivity contribution in [2.24, 2.45) is 0 Å². The summed E-state index contributed by atoms with van der Waals surface area (Å²) in [5.74, 6) is 0.462. The van der Waals surface area contributed by atoms with E-state index in [4.69, 9.17) is 4.74 Å². The molecular weight excluding hydrogens is 290 g/mol. The molecule has 0 fully saturated rings. The summed E-state index contributed by atoms with van der Waals surface area (Å²) in [5.41, 5.74) is 3.18. The van der Waals surface area contributed by atoms with Crippen molar-refractivity contribution in [3.63, 3.8) is 0 Å². The van der Waals surface area contributed by atoms with E-state index in [0.717, 1.165) is 11.1 Å². The molecule has 2 aromatic carbocycles. The van der Waals surface area contributed by atoms with Crippen molar-refractivity contribution in [1.29, 1.82) is 0 Å². The second kappa shape index (κ2) is 7.40. The van der Waals surface area contributed by atoms with Gasteiger partial charge in [0, 0.05) is 22.9 Å². The van der Waals surface area contributed by atoms with Crippen LogP contribution < -0.4 is 10.1 Å². The second-order valence-electron chi connectivity index (χ2n) is 5.20. The van der Waals surface area contributed by atoms with Crippen LogP contribution >= 0.6 is 0 Å². The Balaban J connectivity index is 2.07. The summed E-state index contributed by atoms with van der Waals surface area (Å²) in [7, 11) is 1.60. The molecule has 0 radical (unpaired) electrons. The van der Waals surface area contributed by atoms with Crippen molar-refractivity contribution in [3.05, 3.63) is 65.2 Å². The highest BCUT2D eigenvalue weighted by Crippen LogP contribution is 2.21. The lowest BCUT2D eigenvalue weighted by molar-refractivity contribution is -0.111. The summed E-state index contributed by atoms with van der Waals surface area (Å²) in [6, 6.07) is 12.5. The molecule has 4 heteroatoms. The fourth-order valence-electron chi connectivity index (χ4n) is 2.12. The van der Waals surface area contributed by atoms with Gasteiger partial charge in [0.1, 0.15) is 5.75 Å². The van der Waals surface area contributed by atoms with Gasteiger partial charge in [0.15, 0.2) is 5.78 Å². The van der Waals surface area contributed by atoms with Crippen LogP contribution in [-0.4, -0.2) is 18.8 Å². The molecule has 0 unspecified atom stereocenters. The Morgan fingerprint density at radius 1 is 1.09 bits per heavy atom. The largest absolute Gasteiger partial charge is 0.496 e. The third-order valence-electron chi connectivity index (χ3n) is 3.36. The highest BCUT2D eigenvalue weighted by atomic mass is 16.5. The molecule has 0 atom stereocenters. The van der Waals surface area contributed by atoms with E-state index < -0.39 is 0 Å². The summed E-state index contributed by atoms with van der Waals surface area (Å²) in [5, 5.41) is 2.75. The average Bonchev–Trinajstić information content (AvgIpc) is 2.53. The van der Waals surface area contributed by atoms with Gasteiger partial charge in [0.2, 0.25) is 5.91 Å². The Hall–Kier alpha value is -2.88. The zero-order valence-corrected chi connectivity index (χ0v) is 13.4. The fraction of sp³-hybridized carbons (Fsp3) is 0.158. The van der Waals surface area contributed by atoms with Gasteiger partial charge >= 0.3 is 0 Å². The number of Topliss-reactive ketones (excluding diaryl/α,β-unsaturated/α-hetero) is 1. The zero-order valence-electron chi connectivity index (χ0n) is 13.4. The van der Waals surface area contributed by atoms with Crippen molar-refractivity contribution in [2.75, 3.05) is 12.4 Å². The first-order chi connectivity index (χ1) is 11.0. The SMILES string of the molecule is COc1ccc(C)cc1/C=C/C(=O)Nc1ccc(C(C)=O)cc1. The van der Waals surface area contributed by atoms with Crippen LogP contribution in [0.2, 0.25) is 0 Å². The van der Waals surface area contributed by atoms with Gasteiger partial charge in [-0.25, -0.2) is 0 Å². The first-order valence-electron chi connectivity index (χ1n) is 7.24. The quantitative estimate of drug-likeness (QED) is 0.674. The summed E-state index contributed by atoms with van der Waals surface area (Å²) in [6.45, 7) is 3.49. The number of carbonyl (C=O) groups excluding carboxylic acids is 2. The number of aryl methyl sites for hydroxylation is 1. The van der Waals surface area contributed by atoms with Crippen LogP contribution in [0.15, 0.2) is 48.5 Å². The van der Waals surface area contributed by atoms with Gasteiger partial charge in [0.05, 0.1) is 7.11 Å². The Kier molecular flexibility index (Phi) is 5.31. The van der Waals surface area contributed by atoms with Crippen LogP contribution in [0.4, 0.5) is 5.69 Å². The molecule has 23 heavy (non-hydrogen) atoms. The highest BCUT2D eigenvalue weighted by molar-refractivity contribution is 6.02. The molecule has 0 saturated heterocycles. The molecule has 0 bridgehead atoms. The number of amides is 1. The van der Waals surface area contributed by atoms with E-state index in [1.165, 1.54) is 13.0 Å². The Bertz CT molecular complexity index is 746. The molecule has 1 amide bonds. The molecule has 0 aliphatic heterocycles. The topological polar surface area (TPSA) is 55.4 Å². The molecule has 2 rings (SSSR count). The Morgan fingerprint density at radius 2 is 1.78 bits per heavy atom. The van der Waals surface area contributed by atoms with Crippen LogP contribution in [0, 0.1) is 6.92 Å². The minimum atomic E-state index is -0.246. The summed E-state index contributed by atoms with van der Waals surface area (Å²) in [6.07, 6.45) is 3.17. The first-order valence-corrected chi connectivity index (χ1v) is 7.24. The number of nitrogens with one attached hydrogen (secondary N) is 1. The number of hydrogen-bond donors (Lipinski definition) is 1. The minimum absolute atomic E-state index is 0.00526. The number of anilines is 1. The molecule has 0 spiro atoms. The number of methoxy groups -OCH3 is 1. The molecule has 0 aliphatic rings. The number of ketones is 1. The van der Waals surface area contributed by atoms with Crippen molar-refractivity contribution < 1.29 is 14.3 Å². The third-order valence-corrected chi connectivity index (χ3v) is 3.36. The number of hydrogen-bond acceptors (Lipinski definition) is 3. The lowest BCUT2D eigenvalue weighted by Gasteiger charge is -2.06. The van der Waals surface area contributed by atoms with Crippen LogP contribution in [0.25, 0.3) is 6.08 Å². The zero-order chi connectivity index (χ0) is 16.8. The molecule has 1 N–H and O–H groups in total. The normalized spacial score (nSPS) is 10.6.